The number of amides is 1. The van der Waals surface area contributed by atoms with Gasteiger partial charge < -0.3 is 9.73 Å². The average Bonchev–Trinajstić information content (AvgIpc) is 3.30. The number of carbonyl (C=O) groups is 1. The van der Waals surface area contributed by atoms with Crippen molar-refractivity contribution in [1.82, 2.24) is 10.3 Å². The molecule has 0 aliphatic heterocycles. The molecule has 0 unspecified atom stereocenters. The Bertz CT molecular complexity index is 1040. The van der Waals surface area contributed by atoms with Crippen LogP contribution in [0.25, 0.3) is 21.0 Å². The Morgan fingerprint density at radius 2 is 1.88 bits per heavy atom. The molecular formula is C20H15FN2O2S. The summed E-state index contributed by atoms with van der Waals surface area (Å²) >= 11 is 1.51. The summed E-state index contributed by atoms with van der Waals surface area (Å²) in [5.74, 6) is 0.185. The Labute approximate surface area is 153 Å². The SMILES string of the molecule is O=C(NCCc1ccccc1F)c1ccc(-c2nc3ccccc3s2)o1. The minimum absolute atomic E-state index is 0.216. The van der Waals surface area contributed by atoms with Crippen LogP contribution in [0.1, 0.15) is 16.1 Å². The van der Waals surface area contributed by atoms with Crippen molar-refractivity contribution >= 4 is 27.5 Å². The van der Waals surface area contributed by atoms with Gasteiger partial charge in [0.2, 0.25) is 0 Å². The van der Waals surface area contributed by atoms with Gasteiger partial charge in [0, 0.05) is 6.54 Å². The van der Waals surface area contributed by atoms with Crippen molar-refractivity contribution in [2.45, 2.75) is 6.42 Å². The standard InChI is InChI=1S/C20H15FN2O2S/c21-14-6-2-1-5-13(14)11-12-22-19(24)16-9-10-17(25-16)20-23-15-7-3-4-8-18(15)26-20/h1-10H,11-12H2,(H,22,24). The van der Waals surface area contributed by atoms with Gasteiger partial charge in [0.1, 0.15) is 5.82 Å². The smallest absolute Gasteiger partial charge is 0.287 e. The number of furan rings is 1. The van der Waals surface area contributed by atoms with E-state index in [2.05, 4.69) is 10.3 Å². The van der Waals surface area contributed by atoms with Gasteiger partial charge in [-0.25, -0.2) is 9.37 Å². The average molecular weight is 366 g/mol. The number of halogens is 1. The van der Waals surface area contributed by atoms with Crippen LogP contribution in [0.2, 0.25) is 0 Å². The van der Waals surface area contributed by atoms with Crippen LogP contribution >= 0.6 is 11.3 Å². The fourth-order valence-corrected chi connectivity index (χ4v) is 3.58. The van der Waals surface area contributed by atoms with Crippen molar-refractivity contribution in [2.24, 2.45) is 0 Å². The van der Waals surface area contributed by atoms with Crippen molar-refractivity contribution in [3.05, 3.63) is 77.8 Å². The van der Waals surface area contributed by atoms with Crippen LogP contribution in [0.4, 0.5) is 4.39 Å². The molecular weight excluding hydrogens is 351 g/mol. The lowest BCUT2D eigenvalue weighted by Crippen LogP contribution is -2.25. The van der Waals surface area contributed by atoms with Crippen molar-refractivity contribution < 1.29 is 13.6 Å². The van der Waals surface area contributed by atoms with Crippen LogP contribution < -0.4 is 5.32 Å². The van der Waals surface area contributed by atoms with Gasteiger partial charge in [-0.3, -0.25) is 4.79 Å². The molecule has 4 rings (SSSR count). The molecule has 2 aromatic heterocycles. The van der Waals surface area contributed by atoms with E-state index in [0.29, 0.717) is 24.3 Å². The Balaban J connectivity index is 1.42. The van der Waals surface area contributed by atoms with E-state index in [0.717, 1.165) is 15.2 Å². The highest BCUT2D eigenvalue weighted by atomic mass is 32.1. The maximum atomic E-state index is 13.6. The molecule has 1 N–H and O–H groups in total. The number of hydrogen-bond acceptors (Lipinski definition) is 4. The maximum absolute atomic E-state index is 13.6. The molecule has 26 heavy (non-hydrogen) atoms. The molecule has 130 valence electrons. The number of rotatable bonds is 5. The first-order valence-electron chi connectivity index (χ1n) is 8.18. The van der Waals surface area contributed by atoms with Gasteiger partial charge in [-0.1, -0.05) is 30.3 Å². The predicted octanol–water partition coefficient (Wildman–Crippen LogP) is 4.67. The van der Waals surface area contributed by atoms with Gasteiger partial charge in [-0.2, -0.15) is 0 Å². The minimum atomic E-state index is -0.325. The molecule has 0 spiro atoms. The van der Waals surface area contributed by atoms with Crippen molar-refractivity contribution in [3.8, 4) is 10.8 Å². The highest BCUT2D eigenvalue weighted by molar-refractivity contribution is 7.21. The van der Waals surface area contributed by atoms with Gasteiger partial charge in [-0.05, 0) is 42.3 Å². The van der Waals surface area contributed by atoms with Crippen LogP contribution in [-0.4, -0.2) is 17.4 Å². The lowest BCUT2D eigenvalue weighted by Gasteiger charge is -2.04. The molecule has 0 radical (unpaired) electrons. The first kappa shape index (κ1) is 16.5. The number of thiazole rings is 1. The Morgan fingerprint density at radius 1 is 1.08 bits per heavy atom. The van der Waals surface area contributed by atoms with E-state index < -0.39 is 0 Å². The highest BCUT2D eigenvalue weighted by Crippen LogP contribution is 2.31. The summed E-state index contributed by atoms with van der Waals surface area (Å²) in [5, 5.41) is 3.48. The lowest BCUT2D eigenvalue weighted by atomic mass is 10.1. The molecule has 1 amide bonds. The van der Waals surface area contributed by atoms with E-state index >= 15 is 0 Å². The summed E-state index contributed by atoms with van der Waals surface area (Å²) in [6, 6.07) is 17.7. The fourth-order valence-electron chi connectivity index (χ4n) is 2.65. The van der Waals surface area contributed by atoms with Gasteiger partial charge in [0.15, 0.2) is 16.5 Å². The predicted molar refractivity (Wildman–Crippen MR) is 99.8 cm³/mol. The molecule has 4 aromatic rings. The minimum Gasteiger partial charge on any atom is -0.448 e. The largest absolute Gasteiger partial charge is 0.448 e. The lowest BCUT2D eigenvalue weighted by molar-refractivity contribution is 0.0927. The van der Waals surface area contributed by atoms with E-state index in [1.54, 1.807) is 30.3 Å². The number of para-hydroxylation sites is 1. The zero-order valence-electron chi connectivity index (χ0n) is 13.7. The van der Waals surface area contributed by atoms with Gasteiger partial charge in [0.05, 0.1) is 10.2 Å². The van der Waals surface area contributed by atoms with Crippen LogP contribution in [0.3, 0.4) is 0 Å². The Morgan fingerprint density at radius 3 is 2.73 bits per heavy atom. The number of hydrogen-bond donors (Lipinski definition) is 1. The number of aromatic nitrogens is 1. The number of benzene rings is 2. The summed E-state index contributed by atoms with van der Waals surface area (Å²) in [4.78, 5) is 16.7. The first-order valence-corrected chi connectivity index (χ1v) is 9.00. The van der Waals surface area contributed by atoms with Gasteiger partial charge in [-0.15, -0.1) is 11.3 Å². The summed E-state index contributed by atoms with van der Waals surface area (Å²) in [7, 11) is 0. The van der Waals surface area contributed by atoms with Crippen molar-refractivity contribution in [1.29, 1.82) is 0 Å². The molecule has 0 saturated heterocycles. The molecule has 0 fully saturated rings. The third-order valence-corrected chi connectivity index (χ3v) is 5.02. The molecule has 0 aliphatic rings. The second kappa shape index (κ2) is 7.09. The monoisotopic (exact) mass is 366 g/mol. The van der Waals surface area contributed by atoms with Gasteiger partial charge >= 0.3 is 0 Å². The third kappa shape index (κ3) is 3.36. The maximum Gasteiger partial charge on any atom is 0.287 e. The molecule has 0 aliphatic carbocycles. The van der Waals surface area contributed by atoms with Gasteiger partial charge in [0.25, 0.3) is 5.91 Å². The third-order valence-electron chi connectivity index (χ3n) is 3.97. The Hall–Kier alpha value is -2.99. The molecule has 2 aromatic carbocycles. The normalized spacial score (nSPS) is 11.0. The van der Waals surface area contributed by atoms with E-state index in [1.807, 2.05) is 24.3 Å². The second-order valence-electron chi connectivity index (χ2n) is 5.75. The summed E-state index contributed by atoms with van der Waals surface area (Å²) < 4.78 is 20.3. The van der Waals surface area contributed by atoms with E-state index in [9.17, 15) is 9.18 Å². The zero-order chi connectivity index (χ0) is 17.9. The molecule has 0 atom stereocenters. The molecule has 0 bridgehead atoms. The molecule has 6 heteroatoms. The Kier molecular flexibility index (Phi) is 4.50. The van der Waals surface area contributed by atoms with Crippen LogP contribution in [0.15, 0.2) is 65.1 Å². The van der Waals surface area contributed by atoms with E-state index in [-0.39, 0.29) is 17.5 Å². The zero-order valence-corrected chi connectivity index (χ0v) is 14.6. The van der Waals surface area contributed by atoms with Crippen LogP contribution in [-0.2, 0) is 6.42 Å². The highest BCUT2D eigenvalue weighted by Gasteiger charge is 2.14. The molecule has 0 saturated carbocycles. The van der Waals surface area contributed by atoms with E-state index in [4.69, 9.17) is 4.42 Å². The first-order chi connectivity index (χ1) is 12.7. The second-order valence-corrected chi connectivity index (χ2v) is 6.78. The van der Waals surface area contributed by atoms with Crippen molar-refractivity contribution in [2.75, 3.05) is 6.54 Å². The topological polar surface area (TPSA) is 55.1 Å². The van der Waals surface area contributed by atoms with E-state index in [1.165, 1.54) is 17.4 Å². The number of carbonyl (C=O) groups excluding carboxylic acids is 1. The van der Waals surface area contributed by atoms with Crippen LogP contribution in [0.5, 0.6) is 0 Å². The van der Waals surface area contributed by atoms with Crippen LogP contribution in [0, 0.1) is 5.82 Å². The molecule has 4 nitrogen and oxygen atoms in total. The van der Waals surface area contributed by atoms with Crippen molar-refractivity contribution in [3.63, 3.8) is 0 Å². The summed E-state index contributed by atoms with van der Waals surface area (Å²) in [5.41, 5.74) is 1.47. The summed E-state index contributed by atoms with van der Waals surface area (Å²) in [6.07, 6.45) is 0.420. The number of nitrogens with zero attached hydrogens (tertiary/aromatic N) is 1. The quantitative estimate of drug-likeness (QED) is 0.558. The number of nitrogens with one attached hydrogen (secondary N) is 1. The summed E-state index contributed by atoms with van der Waals surface area (Å²) in [6.45, 7) is 0.330. The number of fused-ring (bicyclic) bond motifs is 1. The fraction of sp³-hybridized carbons (Fsp3) is 0.100. The molecule has 2 heterocycles.